The first kappa shape index (κ1) is 23.1. The lowest BCUT2D eigenvalue weighted by molar-refractivity contribution is -0.117. The number of carbonyl (C=O) groups is 3. The largest absolute Gasteiger partial charge is 0.493 e. The van der Waals surface area contributed by atoms with E-state index in [9.17, 15) is 14.4 Å². The maximum absolute atomic E-state index is 12.4. The maximum Gasteiger partial charge on any atom is 0.269 e. The van der Waals surface area contributed by atoms with Crippen molar-refractivity contribution in [3.05, 3.63) is 53.6 Å². The molecule has 32 heavy (non-hydrogen) atoms. The van der Waals surface area contributed by atoms with Gasteiger partial charge in [-0.2, -0.15) is 0 Å². The number of amides is 3. The Kier molecular flexibility index (Phi) is 7.70. The van der Waals surface area contributed by atoms with Crippen LogP contribution < -0.4 is 25.6 Å². The highest BCUT2D eigenvalue weighted by molar-refractivity contribution is 6.00. The molecule has 0 aromatic heterocycles. The molecule has 1 fully saturated rings. The Bertz CT molecular complexity index is 974. The summed E-state index contributed by atoms with van der Waals surface area (Å²) in [5, 5.41) is 2.84. The van der Waals surface area contributed by atoms with Gasteiger partial charge in [0.2, 0.25) is 5.91 Å². The predicted molar refractivity (Wildman–Crippen MR) is 121 cm³/mol. The van der Waals surface area contributed by atoms with E-state index in [1.54, 1.807) is 42.5 Å². The van der Waals surface area contributed by atoms with Gasteiger partial charge < -0.3 is 14.8 Å². The van der Waals surface area contributed by atoms with Crippen LogP contribution in [0.5, 0.6) is 11.5 Å². The number of unbranched alkanes of at least 4 members (excludes halogenated alkanes) is 1. The SMILES string of the molecule is CCCCOc1ccc(C(=O)NNC(=O)c2ccc(NC(=O)C3CC3C)cc2)cc1OC. The van der Waals surface area contributed by atoms with Crippen LogP contribution in [-0.4, -0.2) is 31.4 Å². The van der Waals surface area contributed by atoms with Crippen LogP contribution >= 0.6 is 0 Å². The molecule has 1 saturated carbocycles. The van der Waals surface area contributed by atoms with Crippen LogP contribution in [0.15, 0.2) is 42.5 Å². The minimum Gasteiger partial charge on any atom is -0.493 e. The number of benzene rings is 2. The van der Waals surface area contributed by atoms with Gasteiger partial charge in [-0.15, -0.1) is 0 Å². The number of hydrogen-bond donors (Lipinski definition) is 3. The molecule has 3 N–H and O–H groups in total. The van der Waals surface area contributed by atoms with E-state index in [1.165, 1.54) is 7.11 Å². The Balaban J connectivity index is 1.52. The lowest BCUT2D eigenvalue weighted by Crippen LogP contribution is -2.41. The highest BCUT2D eigenvalue weighted by atomic mass is 16.5. The fraction of sp³-hybridized carbons (Fsp3) is 0.375. The fourth-order valence-electron chi connectivity index (χ4n) is 3.14. The van der Waals surface area contributed by atoms with Crippen LogP contribution in [0.3, 0.4) is 0 Å². The molecule has 170 valence electrons. The standard InChI is InChI=1S/C24H29N3O5/c1-4-5-12-32-20-11-8-17(14-21(20)31-3)23(29)27-26-22(28)16-6-9-18(10-7-16)25-24(30)19-13-15(19)2/h6-11,14-15,19H,4-5,12-13H2,1-3H3,(H,25,30)(H,26,28)(H,27,29). The number of rotatable bonds is 9. The van der Waals surface area contributed by atoms with Crippen LogP contribution in [-0.2, 0) is 4.79 Å². The average Bonchev–Trinajstić information content (AvgIpc) is 3.54. The van der Waals surface area contributed by atoms with Crippen LogP contribution in [0.25, 0.3) is 0 Å². The number of hydrazine groups is 1. The summed E-state index contributed by atoms with van der Waals surface area (Å²) in [6.07, 6.45) is 2.84. The minimum absolute atomic E-state index is 0.000764. The Morgan fingerprint density at radius 2 is 1.59 bits per heavy atom. The zero-order chi connectivity index (χ0) is 23.1. The molecule has 8 nitrogen and oxygen atoms in total. The van der Waals surface area contributed by atoms with E-state index in [-0.39, 0.29) is 11.8 Å². The topological polar surface area (TPSA) is 106 Å². The molecule has 2 aromatic carbocycles. The number of carbonyl (C=O) groups excluding carboxylic acids is 3. The lowest BCUT2D eigenvalue weighted by atomic mass is 10.2. The van der Waals surface area contributed by atoms with Gasteiger partial charge in [-0.05, 0) is 61.2 Å². The summed E-state index contributed by atoms with van der Waals surface area (Å²) in [7, 11) is 1.50. The summed E-state index contributed by atoms with van der Waals surface area (Å²) in [6.45, 7) is 4.68. The molecule has 3 amide bonds. The van der Waals surface area contributed by atoms with Gasteiger partial charge in [0.15, 0.2) is 11.5 Å². The third kappa shape index (κ3) is 6.00. The predicted octanol–water partition coefficient (Wildman–Crippen LogP) is 3.54. The Hall–Kier alpha value is -3.55. The van der Waals surface area contributed by atoms with E-state index in [4.69, 9.17) is 9.47 Å². The van der Waals surface area contributed by atoms with Crippen molar-refractivity contribution in [1.82, 2.24) is 10.9 Å². The third-order valence-corrected chi connectivity index (χ3v) is 5.33. The van der Waals surface area contributed by atoms with Crippen molar-refractivity contribution in [2.75, 3.05) is 19.0 Å². The molecular weight excluding hydrogens is 410 g/mol. The molecule has 0 bridgehead atoms. The summed E-state index contributed by atoms with van der Waals surface area (Å²) < 4.78 is 11.0. The molecule has 2 unspecified atom stereocenters. The fourth-order valence-corrected chi connectivity index (χ4v) is 3.14. The number of ether oxygens (including phenoxy) is 2. The third-order valence-electron chi connectivity index (χ3n) is 5.33. The van der Waals surface area contributed by atoms with Gasteiger partial charge in [-0.1, -0.05) is 20.3 Å². The number of hydrogen-bond acceptors (Lipinski definition) is 5. The van der Waals surface area contributed by atoms with Crippen molar-refractivity contribution in [1.29, 1.82) is 0 Å². The second-order valence-corrected chi connectivity index (χ2v) is 7.86. The van der Waals surface area contributed by atoms with Crippen molar-refractivity contribution in [3.8, 4) is 11.5 Å². The Labute approximate surface area is 187 Å². The van der Waals surface area contributed by atoms with E-state index in [2.05, 4.69) is 23.1 Å². The van der Waals surface area contributed by atoms with Gasteiger partial charge in [-0.3, -0.25) is 25.2 Å². The lowest BCUT2D eigenvalue weighted by Gasteiger charge is -2.12. The molecule has 0 aliphatic heterocycles. The molecule has 2 aromatic rings. The summed E-state index contributed by atoms with van der Waals surface area (Å²) in [6, 6.07) is 11.3. The van der Waals surface area contributed by atoms with E-state index in [1.807, 2.05) is 6.92 Å². The minimum atomic E-state index is -0.487. The molecule has 0 spiro atoms. The maximum atomic E-state index is 12.4. The van der Waals surface area contributed by atoms with E-state index in [0.717, 1.165) is 19.3 Å². The van der Waals surface area contributed by atoms with Crippen LogP contribution in [0.1, 0.15) is 53.8 Å². The molecular formula is C24H29N3O5. The zero-order valence-electron chi connectivity index (χ0n) is 18.6. The van der Waals surface area contributed by atoms with Crippen LogP contribution in [0.2, 0.25) is 0 Å². The van der Waals surface area contributed by atoms with Crippen molar-refractivity contribution < 1.29 is 23.9 Å². The number of nitrogens with one attached hydrogen (secondary N) is 3. The van der Waals surface area contributed by atoms with Gasteiger partial charge in [0.1, 0.15) is 0 Å². The quantitative estimate of drug-likeness (QED) is 0.409. The van der Waals surface area contributed by atoms with Crippen molar-refractivity contribution in [2.45, 2.75) is 33.1 Å². The van der Waals surface area contributed by atoms with Gasteiger partial charge in [0.05, 0.1) is 13.7 Å². The van der Waals surface area contributed by atoms with Crippen molar-refractivity contribution >= 4 is 23.4 Å². The molecule has 3 rings (SSSR count). The van der Waals surface area contributed by atoms with E-state index < -0.39 is 11.8 Å². The average molecular weight is 440 g/mol. The highest BCUT2D eigenvalue weighted by Crippen LogP contribution is 2.38. The van der Waals surface area contributed by atoms with Crippen molar-refractivity contribution in [3.63, 3.8) is 0 Å². The molecule has 8 heteroatoms. The van der Waals surface area contributed by atoms with Crippen molar-refractivity contribution in [2.24, 2.45) is 11.8 Å². The van der Waals surface area contributed by atoms with Gasteiger partial charge in [0.25, 0.3) is 11.8 Å². The smallest absolute Gasteiger partial charge is 0.269 e. The Morgan fingerprint density at radius 1 is 0.969 bits per heavy atom. The first-order valence-corrected chi connectivity index (χ1v) is 10.7. The van der Waals surface area contributed by atoms with Gasteiger partial charge in [-0.25, -0.2) is 0 Å². The zero-order valence-corrected chi connectivity index (χ0v) is 18.6. The second kappa shape index (κ2) is 10.7. The monoisotopic (exact) mass is 439 g/mol. The first-order chi connectivity index (χ1) is 15.4. The molecule has 0 saturated heterocycles. The first-order valence-electron chi connectivity index (χ1n) is 10.7. The summed E-state index contributed by atoms with van der Waals surface area (Å²) >= 11 is 0. The normalized spacial score (nSPS) is 16.6. The Morgan fingerprint density at radius 3 is 2.19 bits per heavy atom. The number of methoxy groups -OCH3 is 1. The highest BCUT2D eigenvalue weighted by Gasteiger charge is 2.39. The van der Waals surface area contributed by atoms with Crippen LogP contribution in [0.4, 0.5) is 5.69 Å². The van der Waals surface area contributed by atoms with E-state index >= 15 is 0 Å². The van der Waals surface area contributed by atoms with Gasteiger partial charge >= 0.3 is 0 Å². The molecule has 0 radical (unpaired) electrons. The van der Waals surface area contributed by atoms with Gasteiger partial charge in [0, 0.05) is 22.7 Å². The number of anilines is 1. The summed E-state index contributed by atoms with van der Waals surface area (Å²) in [4.78, 5) is 36.8. The molecule has 1 aliphatic rings. The molecule has 0 heterocycles. The second-order valence-electron chi connectivity index (χ2n) is 7.86. The summed E-state index contributed by atoms with van der Waals surface area (Å²) in [5.41, 5.74) is 6.07. The molecule has 1 aliphatic carbocycles. The molecule has 2 atom stereocenters. The van der Waals surface area contributed by atoms with E-state index in [0.29, 0.717) is 40.8 Å². The summed E-state index contributed by atoms with van der Waals surface area (Å²) in [5.74, 6) is 0.539. The van der Waals surface area contributed by atoms with Crippen LogP contribution in [0, 0.1) is 11.8 Å².